The number of para-hydroxylation sites is 1. The molecule has 0 aromatic heterocycles. The van der Waals surface area contributed by atoms with E-state index in [4.69, 9.17) is 4.74 Å². The number of carbonyl (C=O) groups excluding carboxylic acids is 4. The highest BCUT2D eigenvalue weighted by molar-refractivity contribution is 6.06. The van der Waals surface area contributed by atoms with Crippen LogP contribution < -0.4 is 10.2 Å². The van der Waals surface area contributed by atoms with Gasteiger partial charge in [0, 0.05) is 18.3 Å². The summed E-state index contributed by atoms with van der Waals surface area (Å²) >= 11 is 0. The van der Waals surface area contributed by atoms with Gasteiger partial charge >= 0.3 is 12.0 Å². The molecule has 8 heteroatoms. The Hall–Kier alpha value is -2.90. The number of nitrogens with zero attached hydrogens (tertiary/aromatic N) is 2. The first-order chi connectivity index (χ1) is 12.6. The number of ether oxygens (including phenoxy) is 1. The first-order valence-corrected chi connectivity index (χ1v) is 8.80. The number of hydrogen-bond donors (Lipinski definition) is 1. The Morgan fingerprint density at radius 2 is 1.81 bits per heavy atom. The molecule has 1 aromatic carbocycles. The van der Waals surface area contributed by atoms with Gasteiger partial charge < -0.3 is 15.0 Å². The maximum absolute atomic E-state index is 12.5. The van der Waals surface area contributed by atoms with Crippen molar-refractivity contribution in [3.8, 4) is 0 Å². The molecular formula is C19H25N3O5. The molecule has 0 spiro atoms. The molecule has 0 saturated carbocycles. The van der Waals surface area contributed by atoms with Gasteiger partial charge in [0.25, 0.3) is 11.8 Å². The molecule has 8 nitrogen and oxygen atoms in total. The molecule has 1 aromatic rings. The maximum atomic E-state index is 12.5. The van der Waals surface area contributed by atoms with Crippen molar-refractivity contribution in [1.82, 2.24) is 10.2 Å². The van der Waals surface area contributed by atoms with Gasteiger partial charge in [-0.2, -0.15) is 0 Å². The van der Waals surface area contributed by atoms with Gasteiger partial charge in [-0.15, -0.1) is 0 Å². The molecule has 0 bridgehead atoms. The number of imide groups is 1. The van der Waals surface area contributed by atoms with E-state index in [1.165, 1.54) is 0 Å². The van der Waals surface area contributed by atoms with E-state index in [-0.39, 0.29) is 24.9 Å². The van der Waals surface area contributed by atoms with Crippen molar-refractivity contribution >= 4 is 29.5 Å². The third kappa shape index (κ3) is 4.84. The SMILES string of the molecule is CC(C)N(C(=O)COC(=O)CCN1C(=O)NC(C)(C)C1=O)c1ccccc1. The standard InChI is InChI=1S/C19H25N3O5/c1-13(2)22(14-8-6-5-7-9-14)15(23)12-27-16(24)10-11-21-17(25)19(3,4)20-18(21)26/h5-9,13H,10-12H2,1-4H3,(H,20,26). The maximum Gasteiger partial charge on any atom is 0.325 e. The highest BCUT2D eigenvalue weighted by atomic mass is 16.5. The molecule has 1 heterocycles. The van der Waals surface area contributed by atoms with E-state index >= 15 is 0 Å². The van der Waals surface area contributed by atoms with Crippen molar-refractivity contribution in [2.24, 2.45) is 0 Å². The Morgan fingerprint density at radius 1 is 1.19 bits per heavy atom. The van der Waals surface area contributed by atoms with E-state index in [1.54, 1.807) is 30.9 Å². The van der Waals surface area contributed by atoms with Gasteiger partial charge in [-0.1, -0.05) is 18.2 Å². The monoisotopic (exact) mass is 375 g/mol. The Labute approximate surface area is 158 Å². The molecule has 1 aliphatic rings. The second-order valence-corrected chi connectivity index (χ2v) is 7.12. The van der Waals surface area contributed by atoms with Crippen LogP contribution in [0.15, 0.2) is 30.3 Å². The molecule has 1 saturated heterocycles. The zero-order valence-corrected chi connectivity index (χ0v) is 16.0. The largest absolute Gasteiger partial charge is 0.455 e. The number of esters is 1. The summed E-state index contributed by atoms with van der Waals surface area (Å²) in [6.07, 6.45) is -0.171. The fourth-order valence-electron chi connectivity index (χ4n) is 2.83. The number of urea groups is 1. The van der Waals surface area contributed by atoms with Crippen LogP contribution in [0.1, 0.15) is 34.1 Å². The Kier molecular flexibility index (Phi) is 6.20. The zero-order valence-electron chi connectivity index (χ0n) is 16.0. The van der Waals surface area contributed by atoms with Crippen LogP contribution in [0, 0.1) is 0 Å². The third-order valence-corrected chi connectivity index (χ3v) is 4.16. The van der Waals surface area contributed by atoms with Crippen molar-refractivity contribution in [3.63, 3.8) is 0 Å². The minimum absolute atomic E-state index is 0.0896. The van der Waals surface area contributed by atoms with Gasteiger partial charge in [0.1, 0.15) is 5.54 Å². The lowest BCUT2D eigenvalue weighted by Crippen LogP contribution is -2.41. The minimum atomic E-state index is -0.982. The molecular weight excluding hydrogens is 350 g/mol. The van der Waals surface area contributed by atoms with Crippen molar-refractivity contribution in [2.45, 2.75) is 45.7 Å². The molecule has 0 atom stereocenters. The predicted octanol–water partition coefficient (Wildman–Crippen LogP) is 1.69. The predicted molar refractivity (Wildman–Crippen MR) is 99.0 cm³/mol. The molecule has 0 aliphatic carbocycles. The molecule has 146 valence electrons. The van der Waals surface area contributed by atoms with Crippen LogP contribution in [-0.2, 0) is 19.1 Å². The zero-order chi connectivity index (χ0) is 20.2. The number of rotatable bonds is 7. The summed E-state index contributed by atoms with van der Waals surface area (Å²) < 4.78 is 5.04. The van der Waals surface area contributed by atoms with Crippen molar-refractivity contribution in [1.29, 1.82) is 0 Å². The van der Waals surface area contributed by atoms with E-state index in [2.05, 4.69) is 5.32 Å². The van der Waals surface area contributed by atoms with Crippen LogP contribution in [0.2, 0.25) is 0 Å². The quantitative estimate of drug-likeness (QED) is 0.578. The topological polar surface area (TPSA) is 96.0 Å². The fraction of sp³-hybridized carbons (Fsp3) is 0.474. The molecule has 1 N–H and O–H groups in total. The normalized spacial score (nSPS) is 15.7. The Morgan fingerprint density at radius 3 is 2.33 bits per heavy atom. The van der Waals surface area contributed by atoms with E-state index in [9.17, 15) is 19.2 Å². The fourth-order valence-corrected chi connectivity index (χ4v) is 2.83. The van der Waals surface area contributed by atoms with Crippen LogP contribution in [0.25, 0.3) is 0 Å². The number of nitrogens with one attached hydrogen (secondary N) is 1. The van der Waals surface area contributed by atoms with Crippen LogP contribution in [-0.4, -0.2) is 53.4 Å². The van der Waals surface area contributed by atoms with Gasteiger partial charge in [0.2, 0.25) is 0 Å². The number of anilines is 1. The Balaban J connectivity index is 1.87. The lowest BCUT2D eigenvalue weighted by Gasteiger charge is -2.26. The Bertz CT molecular complexity index is 730. The molecule has 2 rings (SSSR count). The summed E-state index contributed by atoms with van der Waals surface area (Å²) in [7, 11) is 0. The molecule has 1 fully saturated rings. The second-order valence-electron chi connectivity index (χ2n) is 7.12. The highest BCUT2D eigenvalue weighted by Gasteiger charge is 2.44. The molecule has 0 radical (unpaired) electrons. The number of amides is 4. The summed E-state index contributed by atoms with van der Waals surface area (Å²) in [5.74, 6) is -1.39. The van der Waals surface area contributed by atoms with E-state index in [0.29, 0.717) is 0 Å². The van der Waals surface area contributed by atoms with Crippen molar-refractivity contribution < 1.29 is 23.9 Å². The van der Waals surface area contributed by atoms with E-state index in [0.717, 1.165) is 10.6 Å². The molecule has 1 aliphatic heterocycles. The first kappa shape index (κ1) is 20.4. The summed E-state index contributed by atoms with van der Waals surface area (Å²) in [5.41, 5.74) is -0.264. The van der Waals surface area contributed by atoms with Crippen LogP contribution in [0.4, 0.5) is 10.5 Å². The van der Waals surface area contributed by atoms with Crippen LogP contribution in [0.5, 0.6) is 0 Å². The van der Waals surface area contributed by atoms with E-state index in [1.807, 2.05) is 32.0 Å². The van der Waals surface area contributed by atoms with Crippen molar-refractivity contribution in [2.75, 3.05) is 18.1 Å². The smallest absolute Gasteiger partial charge is 0.325 e. The number of carbonyl (C=O) groups is 4. The summed E-state index contributed by atoms with van der Waals surface area (Å²) in [5, 5.41) is 2.54. The van der Waals surface area contributed by atoms with Crippen LogP contribution in [0.3, 0.4) is 0 Å². The average molecular weight is 375 g/mol. The summed E-state index contributed by atoms with van der Waals surface area (Å²) in [6, 6.07) is 8.46. The van der Waals surface area contributed by atoms with Gasteiger partial charge in [0.05, 0.1) is 6.42 Å². The van der Waals surface area contributed by atoms with E-state index < -0.39 is 30.1 Å². The molecule has 27 heavy (non-hydrogen) atoms. The second kappa shape index (κ2) is 8.20. The average Bonchev–Trinajstić information content (AvgIpc) is 2.79. The molecule has 0 unspecified atom stereocenters. The first-order valence-electron chi connectivity index (χ1n) is 8.80. The highest BCUT2D eigenvalue weighted by Crippen LogP contribution is 2.18. The van der Waals surface area contributed by atoms with Gasteiger partial charge in [-0.05, 0) is 39.8 Å². The lowest BCUT2D eigenvalue weighted by atomic mass is 10.1. The van der Waals surface area contributed by atoms with Crippen molar-refractivity contribution in [3.05, 3.63) is 30.3 Å². The lowest BCUT2D eigenvalue weighted by molar-refractivity contribution is -0.148. The van der Waals surface area contributed by atoms with Crippen LogP contribution >= 0.6 is 0 Å². The summed E-state index contributed by atoms with van der Waals surface area (Å²) in [6.45, 7) is 6.42. The minimum Gasteiger partial charge on any atom is -0.455 e. The third-order valence-electron chi connectivity index (χ3n) is 4.16. The number of hydrogen-bond acceptors (Lipinski definition) is 5. The van der Waals surface area contributed by atoms with Gasteiger partial charge in [-0.3, -0.25) is 19.3 Å². The van der Waals surface area contributed by atoms with Gasteiger partial charge in [-0.25, -0.2) is 4.79 Å². The number of benzene rings is 1. The summed E-state index contributed by atoms with van der Waals surface area (Å²) in [4.78, 5) is 50.8. The van der Waals surface area contributed by atoms with Gasteiger partial charge in [0.15, 0.2) is 6.61 Å². The molecule has 4 amide bonds.